The van der Waals surface area contributed by atoms with Crippen molar-refractivity contribution < 1.29 is 28.6 Å². The first-order valence-corrected chi connectivity index (χ1v) is 11.4. The molecule has 1 aromatic heterocycles. The predicted octanol–water partition coefficient (Wildman–Crippen LogP) is 5.81. The van der Waals surface area contributed by atoms with Gasteiger partial charge in [-0.15, -0.1) is 0 Å². The molecule has 34 heavy (non-hydrogen) atoms. The molecule has 0 saturated heterocycles. The lowest BCUT2D eigenvalue weighted by molar-refractivity contribution is -0.151. The molecule has 4 rings (SSSR count). The highest BCUT2D eigenvalue weighted by molar-refractivity contribution is 5.83. The number of oxazole rings is 1. The lowest BCUT2D eigenvalue weighted by Crippen LogP contribution is -2.23. The van der Waals surface area contributed by atoms with Crippen molar-refractivity contribution in [3.8, 4) is 11.5 Å². The first-order valence-electron chi connectivity index (χ1n) is 11.4. The number of hydrogen-bond donors (Lipinski definition) is 2. The Morgan fingerprint density at radius 2 is 1.88 bits per heavy atom. The van der Waals surface area contributed by atoms with Crippen LogP contribution in [0.3, 0.4) is 0 Å². The number of carboxylic acid groups (broad SMARTS) is 1. The fraction of sp³-hybridized carbons (Fsp3) is 0.346. The summed E-state index contributed by atoms with van der Waals surface area (Å²) in [7, 11) is 0. The average molecular weight is 465 g/mol. The Bertz CT molecular complexity index is 1090. The van der Waals surface area contributed by atoms with Crippen molar-refractivity contribution in [2.45, 2.75) is 51.4 Å². The zero-order chi connectivity index (χ0) is 23.9. The van der Waals surface area contributed by atoms with E-state index in [1.54, 1.807) is 6.92 Å². The van der Waals surface area contributed by atoms with E-state index in [1.165, 1.54) is 19.0 Å². The van der Waals surface area contributed by atoms with Crippen molar-refractivity contribution >= 4 is 17.9 Å². The third-order valence-corrected chi connectivity index (χ3v) is 5.75. The Morgan fingerprint density at radius 3 is 2.56 bits per heavy atom. The number of carboxylic acids is 1. The van der Waals surface area contributed by atoms with Crippen LogP contribution in [0.4, 0.5) is 10.7 Å². The van der Waals surface area contributed by atoms with Crippen LogP contribution in [0.1, 0.15) is 49.8 Å². The molecule has 0 spiro atoms. The van der Waals surface area contributed by atoms with Crippen molar-refractivity contribution in [2.24, 2.45) is 5.92 Å². The van der Waals surface area contributed by atoms with E-state index in [4.69, 9.17) is 13.9 Å². The molecule has 1 heterocycles. The van der Waals surface area contributed by atoms with Crippen molar-refractivity contribution in [3.05, 3.63) is 71.9 Å². The number of anilines is 1. The molecule has 1 aliphatic rings. The number of hydrogen-bond acceptors (Lipinski definition) is 6. The Hall–Kier alpha value is -3.65. The summed E-state index contributed by atoms with van der Waals surface area (Å²) in [6.07, 6.45) is 3.41. The van der Waals surface area contributed by atoms with Gasteiger partial charge in [-0.05, 0) is 48.9 Å². The third-order valence-electron chi connectivity index (χ3n) is 5.75. The molecule has 1 aliphatic carbocycles. The maximum atomic E-state index is 12.2. The molecule has 0 bridgehead atoms. The van der Waals surface area contributed by atoms with E-state index >= 15 is 0 Å². The number of nitrogens with zero attached hydrogens (tertiary/aromatic N) is 1. The van der Waals surface area contributed by atoms with Gasteiger partial charge in [0.25, 0.3) is 0 Å². The fourth-order valence-electron chi connectivity index (χ4n) is 3.56. The van der Waals surface area contributed by atoms with Crippen LogP contribution in [0.25, 0.3) is 11.5 Å². The highest BCUT2D eigenvalue weighted by Gasteiger charge is 2.25. The van der Waals surface area contributed by atoms with Crippen LogP contribution >= 0.6 is 0 Å². The van der Waals surface area contributed by atoms with Crippen LogP contribution in [-0.2, 0) is 20.9 Å². The summed E-state index contributed by atoms with van der Waals surface area (Å²) in [5.74, 6) is 0.257. The van der Waals surface area contributed by atoms with Gasteiger partial charge in [-0.1, -0.05) is 55.3 Å². The minimum Gasteiger partial charge on any atom is -0.479 e. The summed E-state index contributed by atoms with van der Waals surface area (Å²) in [5.41, 5.74) is 2.45. The topological polar surface area (TPSA) is 111 Å². The molecule has 0 aliphatic heterocycles. The Balaban J connectivity index is 1.28. The molecular formula is C26H28N2O6. The smallest absolute Gasteiger partial charge is 0.414 e. The van der Waals surface area contributed by atoms with Gasteiger partial charge >= 0.3 is 12.1 Å². The van der Waals surface area contributed by atoms with Crippen molar-refractivity contribution in [2.75, 3.05) is 5.32 Å². The molecule has 2 N–H and O–H groups in total. The zero-order valence-corrected chi connectivity index (χ0v) is 19.0. The van der Waals surface area contributed by atoms with Gasteiger partial charge < -0.3 is 19.0 Å². The maximum absolute atomic E-state index is 12.2. The van der Waals surface area contributed by atoms with Crippen LogP contribution in [0.2, 0.25) is 0 Å². The number of carbonyl (C=O) groups is 2. The van der Waals surface area contributed by atoms with Crippen molar-refractivity contribution in [3.63, 3.8) is 0 Å². The summed E-state index contributed by atoms with van der Waals surface area (Å²) >= 11 is 0. The molecule has 3 aromatic rings. The standard InChI is InChI=1S/C26H28N2O6/c1-17(20-5-3-2-4-6-20)33-26(31)28-23-15-27-24(34-23)21-12-9-19(10-13-21)16-32-22(25(29)30)14-11-18-7-8-18/h2-6,9-10,12-13,15,17-18,22H,7-8,11,14,16H2,1H3,(H,28,31)(H,29,30). The quantitative estimate of drug-likeness (QED) is 0.368. The Labute approximate surface area is 197 Å². The first-order chi connectivity index (χ1) is 16.5. The van der Waals surface area contributed by atoms with Gasteiger partial charge in [0.15, 0.2) is 6.10 Å². The van der Waals surface area contributed by atoms with Crippen LogP contribution in [0.15, 0.2) is 65.2 Å². The summed E-state index contributed by atoms with van der Waals surface area (Å²) in [4.78, 5) is 27.8. The SMILES string of the molecule is CC(OC(=O)Nc1cnc(-c2ccc(COC(CCC3CC3)C(=O)O)cc2)o1)c1ccccc1. The van der Waals surface area contributed by atoms with Crippen LogP contribution < -0.4 is 5.32 Å². The monoisotopic (exact) mass is 464 g/mol. The van der Waals surface area contributed by atoms with Gasteiger partial charge in [0.2, 0.25) is 11.8 Å². The predicted molar refractivity (Wildman–Crippen MR) is 125 cm³/mol. The Kier molecular flexibility index (Phi) is 7.59. The minimum atomic E-state index is -0.922. The summed E-state index contributed by atoms with van der Waals surface area (Å²) < 4.78 is 16.6. The second kappa shape index (κ2) is 11.0. The van der Waals surface area contributed by atoms with E-state index in [0.29, 0.717) is 23.8 Å². The van der Waals surface area contributed by atoms with Gasteiger partial charge in [-0.25, -0.2) is 14.6 Å². The molecule has 1 saturated carbocycles. The van der Waals surface area contributed by atoms with Gasteiger partial charge in [0.05, 0.1) is 12.8 Å². The van der Waals surface area contributed by atoms with E-state index in [0.717, 1.165) is 17.5 Å². The minimum absolute atomic E-state index is 0.174. The number of aromatic nitrogens is 1. The zero-order valence-electron chi connectivity index (χ0n) is 19.0. The van der Waals surface area contributed by atoms with E-state index in [9.17, 15) is 14.7 Å². The largest absolute Gasteiger partial charge is 0.479 e. The number of benzene rings is 2. The number of ether oxygens (including phenoxy) is 2. The van der Waals surface area contributed by atoms with Crippen molar-refractivity contribution in [1.29, 1.82) is 0 Å². The number of carbonyl (C=O) groups excluding carboxylic acids is 1. The maximum Gasteiger partial charge on any atom is 0.414 e. The van der Waals surface area contributed by atoms with Crippen molar-refractivity contribution in [1.82, 2.24) is 4.98 Å². The van der Waals surface area contributed by atoms with Gasteiger partial charge in [-0.2, -0.15) is 0 Å². The lowest BCUT2D eigenvalue weighted by atomic mass is 10.1. The van der Waals surface area contributed by atoms with Gasteiger partial charge in [0.1, 0.15) is 6.10 Å². The molecule has 1 amide bonds. The molecule has 0 radical (unpaired) electrons. The summed E-state index contributed by atoms with van der Waals surface area (Å²) in [5, 5.41) is 11.9. The van der Waals surface area contributed by atoms with E-state index in [2.05, 4.69) is 10.3 Å². The van der Waals surface area contributed by atoms with E-state index in [1.807, 2.05) is 54.6 Å². The number of aliphatic carboxylic acids is 1. The van der Waals surface area contributed by atoms with Crippen LogP contribution in [-0.4, -0.2) is 28.3 Å². The molecule has 2 aromatic carbocycles. The van der Waals surface area contributed by atoms with E-state index < -0.39 is 24.3 Å². The number of rotatable bonds is 11. The molecule has 2 atom stereocenters. The fourth-order valence-corrected chi connectivity index (χ4v) is 3.56. The first kappa shape index (κ1) is 23.5. The van der Waals surface area contributed by atoms with Gasteiger partial charge in [0, 0.05) is 5.56 Å². The number of nitrogens with one attached hydrogen (secondary N) is 1. The number of amides is 1. The van der Waals surface area contributed by atoms with Crippen LogP contribution in [0, 0.1) is 5.92 Å². The normalized spacial score (nSPS) is 14.9. The summed E-state index contributed by atoms with van der Waals surface area (Å²) in [6.45, 7) is 2.00. The highest BCUT2D eigenvalue weighted by atomic mass is 16.6. The van der Waals surface area contributed by atoms with E-state index in [-0.39, 0.29) is 12.5 Å². The molecule has 178 valence electrons. The second-order valence-corrected chi connectivity index (χ2v) is 8.47. The molecule has 8 heteroatoms. The molecule has 8 nitrogen and oxygen atoms in total. The van der Waals surface area contributed by atoms with Crippen LogP contribution in [0.5, 0.6) is 0 Å². The molecule has 2 unspecified atom stereocenters. The third kappa shape index (κ3) is 6.68. The molecule has 1 fully saturated rings. The highest BCUT2D eigenvalue weighted by Crippen LogP contribution is 2.34. The summed E-state index contributed by atoms with van der Waals surface area (Å²) in [6, 6.07) is 16.7. The Morgan fingerprint density at radius 1 is 1.15 bits per heavy atom. The second-order valence-electron chi connectivity index (χ2n) is 8.47. The molecular weight excluding hydrogens is 436 g/mol. The van der Waals surface area contributed by atoms with Gasteiger partial charge in [-0.3, -0.25) is 5.32 Å². The lowest BCUT2D eigenvalue weighted by Gasteiger charge is -2.13. The average Bonchev–Trinajstić information content (AvgIpc) is 3.56.